The molecule has 0 fully saturated rings. The number of hydrogen-bond donors (Lipinski definition) is 1. The summed E-state index contributed by atoms with van der Waals surface area (Å²) in [4.78, 5) is 0. The number of aliphatic hydroxyl groups is 1. The second-order valence-electron chi connectivity index (χ2n) is 3.92. The molecule has 0 aliphatic rings. The van der Waals surface area contributed by atoms with Crippen LogP contribution in [0.4, 0.5) is 0 Å². The molecule has 2 rings (SSSR count). The van der Waals surface area contributed by atoms with Crippen molar-refractivity contribution in [3.05, 3.63) is 67.2 Å². The van der Waals surface area contributed by atoms with Crippen LogP contribution in [0.2, 0.25) is 0 Å². The molecule has 1 nitrogen and oxygen atoms in total. The third kappa shape index (κ3) is 2.89. The monoisotopic (exact) mass is 402 g/mol. The quantitative estimate of drug-likeness (QED) is 0.736. The van der Waals surface area contributed by atoms with Gasteiger partial charge in [-0.25, -0.2) is 0 Å². The molecule has 1 N–H and O–H groups in total. The Labute approximate surface area is 123 Å². The molecule has 0 radical (unpaired) electrons. The molecule has 1 atom stereocenters. The topological polar surface area (TPSA) is 20.2 Å². The first kappa shape index (κ1) is 13.1. The third-order valence-electron chi connectivity index (χ3n) is 2.74. The summed E-state index contributed by atoms with van der Waals surface area (Å²) in [6, 6.07) is 13.9. The van der Waals surface area contributed by atoms with Crippen molar-refractivity contribution in [3.8, 4) is 0 Å². The molecule has 2 aromatic rings. The second kappa shape index (κ2) is 5.50. The first-order chi connectivity index (χ1) is 8.09. The lowest BCUT2D eigenvalue weighted by molar-refractivity contribution is 0.218. The van der Waals surface area contributed by atoms with Crippen molar-refractivity contribution in [2.45, 2.75) is 13.0 Å². The lowest BCUT2D eigenvalue weighted by Crippen LogP contribution is -2.03. The molecule has 1 unspecified atom stereocenters. The van der Waals surface area contributed by atoms with Crippen LogP contribution < -0.4 is 0 Å². The lowest BCUT2D eigenvalue weighted by Gasteiger charge is -2.16. The number of halogens is 2. The van der Waals surface area contributed by atoms with E-state index in [1.807, 2.05) is 49.4 Å². The lowest BCUT2D eigenvalue weighted by atomic mass is 9.98. The third-order valence-corrected chi connectivity index (χ3v) is 4.13. The molecule has 0 saturated heterocycles. The van der Waals surface area contributed by atoms with Gasteiger partial charge in [-0.15, -0.1) is 0 Å². The normalized spacial score (nSPS) is 12.5. The van der Waals surface area contributed by atoms with E-state index in [0.717, 1.165) is 24.7 Å². The highest BCUT2D eigenvalue weighted by atomic mass is 127. The number of hydrogen-bond acceptors (Lipinski definition) is 1. The van der Waals surface area contributed by atoms with Crippen molar-refractivity contribution in [2.75, 3.05) is 0 Å². The average Bonchev–Trinajstić information content (AvgIpc) is 2.32. The van der Waals surface area contributed by atoms with Crippen molar-refractivity contribution in [1.82, 2.24) is 0 Å². The van der Waals surface area contributed by atoms with Gasteiger partial charge in [0, 0.05) is 13.6 Å². The number of benzene rings is 2. The van der Waals surface area contributed by atoms with E-state index in [1.165, 1.54) is 0 Å². The van der Waals surface area contributed by atoms with Gasteiger partial charge in [-0.2, -0.15) is 0 Å². The molecule has 0 bridgehead atoms. The van der Waals surface area contributed by atoms with Crippen molar-refractivity contribution in [1.29, 1.82) is 0 Å². The summed E-state index contributed by atoms with van der Waals surface area (Å²) in [5, 5.41) is 10.4. The van der Waals surface area contributed by atoms with E-state index in [1.54, 1.807) is 0 Å². The first-order valence-electron chi connectivity index (χ1n) is 5.28. The van der Waals surface area contributed by atoms with Crippen LogP contribution in [0.5, 0.6) is 0 Å². The SMILES string of the molecule is Cc1ccccc1C(O)c1cc(I)ccc1Br. The minimum atomic E-state index is -0.583. The fourth-order valence-electron chi connectivity index (χ4n) is 1.79. The average molecular weight is 403 g/mol. The summed E-state index contributed by atoms with van der Waals surface area (Å²) in [5.41, 5.74) is 2.96. The van der Waals surface area contributed by atoms with E-state index in [4.69, 9.17) is 0 Å². The molecule has 0 aromatic heterocycles. The van der Waals surface area contributed by atoms with Gasteiger partial charge in [-0.05, 0) is 58.8 Å². The highest BCUT2D eigenvalue weighted by molar-refractivity contribution is 14.1. The molecular weight excluding hydrogens is 391 g/mol. The van der Waals surface area contributed by atoms with Gasteiger partial charge in [-0.3, -0.25) is 0 Å². The van der Waals surface area contributed by atoms with Crippen LogP contribution in [-0.4, -0.2) is 5.11 Å². The van der Waals surface area contributed by atoms with Crippen LogP contribution in [0.15, 0.2) is 46.9 Å². The van der Waals surface area contributed by atoms with Gasteiger partial charge in [0.2, 0.25) is 0 Å². The molecule has 0 aliphatic heterocycles. The van der Waals surface area contributed by atoms with Crippen LogP contribution in [0.3, 0.4) is 0 Å². The Morgan fingerprint density at radius 3 is 2.53 bits per heavy atom. The minimum absolute atomic E-state index is 0.583. The molecule has 0 heterocycles. The molecule has 0 amide bonds. The van der Waals surface area contributed by atoms with E-state index in [9.17, 15) is 5.11 Å². The zero-order chi connectivity index (χ0) is 12.4. The van der Waals surface area contributed by atoms with E-state index in [-0.39, 0.29) is 0 Å². The van der Waals surface area contributed by atoms with Gasteiger partial charge in [0.25, 0.3) is 0 Å². The van der Waals surface area contributed by atoms with Gasteiger partial charge >= 0.3 is 0 Å². The van der Waals surface area contributed by atoms with Gasteiger partial charge in [0.05, 0.1) is 0 Å². The Balaban J connectivity index is 2.47. The highest BCUT2D eigenvalue weighted by Gasteiger charge is 2.15. The van der Waals surface area contributed by atoms with Crippen LogP contribution in [-0.2, 0) is 0 Å². The maximum Gasteiger partial charge on any atom is 0.105 e. The van der Waals surface area contributed by atoms with Crippen LogP contribution in [0, 0.1) is 10.5 Å². The molecular formula is C14H12BrIO. The molecule has 2 aromatic carbocycles. The van der Waals surface area contributed by atoms with Crippen LogP contribution >= 0.6 is 38.5 Å². The Hall–Kier alpha value is -0.390. The predicted octanol–water partition coefficient (Wildman–Crippen LogP) is 4.44. The Morgan fingerprint density at radius 1 is 1.12 bits per heavy atom. The fourth-order valence-corrected chi connectivity index (χ4v) is 2.76. The van der Waals surface area contributed by atoms with E-state index >= 15 is 0 Å². The maximum absolute atomic E-state index is 10.4. The van der Waals surface area contributed by atoms with Crippen LogP contribution in [0.1, 0.15) is 22.8 Å². The smallest absolute Gasteiger partial charge is 0.105 e. The number of rotatable bonds is 2. The predicted molar refractivity (Wildman–Crippen MR) is 82.1 cm³/mol. The van der Waals surface area contributed by atoms with Crippen molar-refractivity contribution in [2.24, 2.45) is 0 Å². The number of aryl methyl sites for hydroxylation is 1. The molecule has 0 aliphatic carbocycles. The zero-order valence-electron chi connectivity index (χ0n) is 9.32. The summed E-state index contributed by atoms with van der Waals surface area (Å²) in [5.74, 6) is 0. The van der Waals surface area contributed by atoms with Gasteiger partial charge in [0.15, 0.2) is 0 Å². The van der Waals surface area contributed by atoms with Crippen molar-refractivity contribution in [3.63, 3.8) is 0 Å². The Morgan fingerprint density at radius 2 is 1.82 bits per heavy atom. The van der Waals surface area contributed by atoms with E-state index in [2.05, 4.69) is 38.5 Å². The standard InChI is InChI=1S/C14H12BrIO/c1-9-4-2-3-5-11(9)14(17)12-8-10(16)6-7-13(12)15/h2-8,14,17H,1H3. The summed E-state index contributed by atoms with van der Waals surface area (Å²) in [6.07, 6.45) is -0.583. The maximum atomic E-state index is 10.4. The first-order valence-corrected chi connectivity index (χ1v) is 7.15. The Bertz CT molecular complexity index is 539. The Kier molecular flexibility index (Phi) is 4.22. The fraction of sp³-hybridized carbons (Fsp3) is 0.143. The summed E-state index contributed by atoms with van der Waals surface area (Å²) >= 11 is 5.74. The van der Waals surface area contributed by atoms with Crippen molar-refractivity contribution < 1.29 is 5.11 Å². The highest BCUT2D eigenvalue weighted by Crippen LogP contribution is 2.31. The van der Waals surface area contributed by atoms with Crippen LogP contribution in [0.25, 0.3) is 0 Å². The van der Waals surface area contributed by atoms with Gasteiger partial charge < -0.3 is 5.11 Å². The molecule has 3 heteroatoms. The molecule has 0 spiro atoms. The van der Waals surface area contributed by atoms with Gasteiger partial charge in [0.1, 0.15) is 6.10 Å². The minimum Gasteiger partial charge on any atom is -0.384 e. The summed E-state index contributed by atoms with van der Waals surface area (Å²) in [7, 11) is 0. The number of aliphatic hydroxyl groups excluding tert-OH is 1. The second-order valence-corrected chi connectivity index (χ2v) is 6.02. The van der Waals surface area contributed by atoms with Gasteiger partial charge in [-0.1, -0.05) is 40.2 Å². The summed E-state index contributed by atoms with van der Waals surface area (Å²) in [6.45, 7) is 2.01. The summed E-state index contributed by atoms with van der Waals surface area (Å²) < 4.78 is 2.06. The van der Waals surface area contributed by atoms with Crippen molar-refractivity contribution >= 4 is 38.5 Å². The van der Waals surface area contributed by atoms with E-state index < -0.39 is 6.10 Å². The molecule has 0 saturated carbocycles. The largest absolute Gasteiger partial charge is 0.384 e. The zero-order valence-corrected chi connectivity index (χ0v) is 13.1. The molecule has 17 heavy (non-hydrogen) atoms. The van der Waals surface area contributed by atoms with E-state index in [0.29, 0.717) is 0 Å². The molecule has 88 valence electrons.